The van der Waals surface area contributed by atoms with E-state index in [0.717, 1.165) is 27.0 Å². The number of carbonyl (C=O) groups is 1. The van der Waals surface area contributed by atoms with Gasteiger partial charge in [0.1, 0.15) is 10.3 Å². The molecule has 0 saturated heterocycles. The Hall–Kier alpha value is -1.74. The molecule has 2 aromatic heterocycles. The average molecular weight is 367 g/mol. The summed E-state index contributed by atoms with van der Waals surface area (Å²) in [5, 5.41) is 13.9. The Kier molecular flexibility index (Phi) is 4.49. The van der Waals surface area contributed by atoms with Crippen LogP contribution in [0.2, 0.25) is 0 Å². The molecule has 0 aliphatic carbocycles. The predicted octanol–water partition coefficient (Wildman–Crippen LogP) is 2.94. The largest absolute Gasteiger partial charge is 0.480 e. The standard InChI is InChI=1S/C15H13NO4S3/c17-15(18)12(16-23(19,20)14-6-3-7-21-14)8-10-9-22-13-5-2-1-4-11(10)13/h1-7,9,12,16H,8H2,(H,17,18). The van der Waals surface area contributed by atoms with E-state index >= 15 is 0 Å². The van der Waals surface area contributed by atoms with Gasteiger partial charge in [0, 0.05) is 11.1 Å². The second-order valence-electron chi connectivity index (χ2n) is 4.91. The van der Waals surface area contributed by atoms with E-state index in [1.54, 1.807) is 11.4 Å². The molecule has 0 saturated carbocycles. The fraction of sp³-hybridized carbons (Fsp3) is 0.133. The fourth-order valence-corrected chi connectivity index (χ4v) is 5.43. The van der Waals surface area contributed by atoms with Crippen LogP contribution in [-0.2, 0) is 21.2 Å². The van der Waals surface area contributed by atoms with Crippen molar-refractivity contribution in [3.8, 4) is 0 Å². The first-order chi connectivity index (χ1) is 11.0. The van der Waals surface area contributed by atoms with E-state index < -0.39 is 22.0 Å². The van der Waals surface area contributed by atoms with Gasteiger partial charge in [-0.1, -0.05) is 24.3 Å². The highest BCUT2D eigenvalue weighted by atomic mass is 32.2. The first-order valence-electron chi connectivity index (χ1n) is 6.71. The lowest BCUT2D eigenvalue weighted by molar-refractivity contribution is -0.138. The Bertz CT molecular complexity index is 929. The third kappa shape index (κ3) is 3.45. The molecule has 0 amide bonds. The molecule has 0 radical (unpaired) electrons. The van der Waals surface area contributed by atoms with Crippen molar-refractivity contribution < 1.29 is 18.3 Å². The smallest absolute Gasteiger partial charge is 0.322 e. The topological polar surface area (TPSA) is 83.5 Å². The number of thiophene rings is 2. The highest BCUT2D eigenvalue weighted by molar-refractivity contribution is 7.91. The van der Waals surface area contributed by atoms with Crippen LogP contribution in [0.4, 0.5) is 0 Å². The van der Waals surface area contributed by atoms with Crippen LogP contribution in [0.3, 0.4) is 0 Å². The van der Waals surface area contributed by atoms with Crippen molar-refractivity contribution in [1.82, 2.24) is 4.72 Å². The zero-order valence-corrected chi connectivity index (χ0v) is 14.2. The molecule has 2 N–H and O–H groups in total. The summed E-state index contributed by atoms with van der Waals surface area (Å²) in [6.07, 6.45) is 0.101. The summed E-state index contributed by atoms with van der Waals surface area (Å²) in [6.45, 7) is 0. The number of carboxylic acid groups (broad SMARTS) is 1. The van der Waals surface area contributed by atoms with Crippen molar-refractivity contribution >= 4 is 48.8 Å². The minimum atomic E-state index is -3.83. The minimum Gasteiger partial charge on any atom is -0.480 e. The van der Waals surface area contributed by atoms with Gasteiger partial charge in [-0.15, -0.1) is 22.7 Å². The second kappa shape index (κ2) is 6.40. The summed E-state index contributed by atoms with van der Waals surface area (Å²) >= 11 is 2.57. The number of rotatable bonds is 6. The number of aliphatic carboxylic acids is 1. The maximum atomic E-state index is 12.2. The molecule has 0 spiro atoms. The lowest BCUT2D eigenvalue weighted by Gasteiger charge is -2.13. The van der Waals surface area contributed by atoms with Gasteiger partial charge >= 0.3 is 5.97 Å². The van der Waals surface area contributed by atoms with E-state index in [0.29, 0.717) is 0 Å². The molecule has 0 fully saturated rings. The van der Waals surface area contributed by atoms with Crippen LogP contribution in [0.25, 0.3) is 10.1 Å². The normalized spacial score (nSPS) is 13.2. The summed E-state index contributed by atoms with van der Waals surface area (Å²) in [4.78, 5) is 11.5. The summed E-state index contributed by atoms with van der Waals surface area (Å²) < 4.78 is 27.9. The van der Waals surface area contributed by atoms with E-state index in [-0.39, 0.29) is 10.6 Å². The second-order valence-corrected chi connectivity index (χ2v) is 8.71. The predicted molar refractivity (Wildman–Crippen MR) is 91.6 cm³/mol. The Morgan fingerprint density at radius 2 is 1.96 bits per heavy atom. The molecular formula is C15H13NO4S3. The van der Waals surface area contributed by atoms with Crippen LogP contribution < -0.4 is 4.72 Å². The Labute approximate surface area is 141 Å². The highest BCUT2D eigenvalue weighted by Gasteiger charge is 2.27. The minimum absolute atomic E-state index is 0.101. The molecule has 1 atom stereocenters. The molecule has 1 unspecified atom stereocenters. The zero-order valence-electron chi connectivity index (χ0n) is 11.8. The van der Waals surface area contributed by atoms with Gasteiger partial charge in [-0.05, 0) is 33.8 Å². The van der Waals surface area contributed by atoms with E-state index in [9.17, 15) is 18.3 Å². The van der Waals surface area contributed by atoms with Crippen LogP contribution in [0.5, 0.6) is 0 Å². The van der Waals surface area contributed by atoms with Crippen LogP contribution in [0, 0.1) is 0 Å². The van der Waals surface area contributed by atoms with Gasteiger partial charge in [0.2, 0.25) is 0 Å². The Morgan fingerprint density at radius 1 is 1.17 bits per heavy atom. The van der Waals surface area contributed by atoms with Crippen molar-refractivity contribution in [2.45, 2.75) is 16.7 Å². The number of hydrogen-bond acceptors (Lipinski definition) is 5. The molecule has 3 aromatic rings. The quantitative estimate of drug-likeness (QED) is 0.702. The molecule has 0 bridgehead atoms. The summed E-state index contributed by atoms with van der Waals surface area (Å²) in [5.41, 5.74) is 0.826. The van der Waals surface area contributed by atoms with Crippen molar-refractivity contribution in [2.24, 2.45) is 0 Å². The molecule has 8 heteroatoms. The lowest BCUT2D eigenvalue weighted by atomic mass is 10.1. The van der Waals surface area contributed by atoms with Gasteiger partial charge in [0.25, 0.3) is 10.0 Å². The first kappa shape index (κ1) is 16.1. The highest BCUT2D eigenvalue weighted by Crippen LogP contribution is 2.27. The van der Waals surface area contributed by atoms with Crippen LogP contribution in [0.15, 0.2) is 51.4 Å². The van der Waals surface area contributed by atoms with Gasteiger partial charge in [-0.25, -0.2) is 8.42 Å². The number of nitrogens with one attached hydrogen (secondary N) is 1. The molecule has 23 heavy (non-hydrogen) atoms. The summed E-state index contributed by atoms with van der Waals surface area (Å²) in [7, 11) is -3.83. The number of hydrogen-bond donors (Lipinski definition) is 2. The van der Waals surface area contributed by atoms with Gasteiger partial charge < -0.3 is 5.11 Å². The van der Waals surface area contributed by atoms with E-state index in [2.05, 4.69) is 4.72 Å². The van der Waals surface area contributed by atoms with Crippen molar-refractivity contribution in [2.75, 3.05) is 0 Å². The SMILES string of the molecule is O=C(O)C(Cc1csc2ccccc12)NS(=O)(=O)c1cccs1. The Morgan fingerprint density at radius 3 is 2.65 bits per heavy atom. The maximum Gasteiger partial charge on any atom is 0.322 e. The van der Waals surface area contributed by atoms with Gasteiger partial charge in [0.15, 0.2) is 0 Å². The lowest BCUT2D eigenvalue weighted by Crippen LogP contribution is -2.41. The molecule has 5 nitrogen and oxygen atoms in total. The molecule has 1 aromatic carbocycles. The first-order valence-corrected chi connectivity index (χ1v) is 9.95. The number of fused-ring (bicyclic) bond motifs is 1. The van der Waals surface area contributed by atoms with Gasteiger partial charge in [-0.3, -0.25) is 4.79 Å². The fourth-order valence-electron chi connectivity index (χ4n) is 2.25. The van der Waals surface area contributed by atoms with Crippen LogP contribution >= 0.6 is 22.7 Å². The third-order valence-electron chi connectivity index (χ3n) is 3.34. The number of sulfonamides is 1. The zero-order chi connectivity index (χ0) is 16.4. The third-order valence-corrected chi connectivity index (χ3v) is 7.22. The van der Waals surface area contributed by atoms with Crippen LogP contribution in [-0.4, -0.2) is 25.5 Å². The molecule has 2 heterocycles. The molecular weight excluding hydrogens is 354 g/mol. The van der Waals surface area contributed by atoms with Crippen LogP contribution in [0.1, 0.15) is 5.56 Å². The van der Waals surface area contributed by atoms with E-state index in [4.69, 9.17) is 0 Å². The molecule has 3 rings (SSSR count). The molecule has 120 valence electrons. The summed E-state index contributed by atoms with van der Waals surface area (Å²) in [5.74, 6) is -1.19. The van der Waals surface area contributed by atoms with Gasteiger partial charge in [0.05, 0.1) is 0 Å². The molecule has 0 aliphatic heterocycles. The average Bonchev–Trinajstić information content (AvgIpc) is 3.16. The number of carboxylic acids is 1. The number of benzene rings is 1. The Balaban J connectivity index is 1.87. The maximum absolute atomic E-state index is 12.2. The van der Waals surface area contributed by atoms with Crippen molar-refractivity contribution in [1.29, 1.82) is 0 Å². The van der Waals surface area contributed by atoms with Crippen molar-refractivity contribution in [3.05, 3.63) is 52.7 Å². The van der Waals surface area contributed by atoms with Crippen molar-refractivity contribution in [3.63, 3.8) is 0 Å². The molecule has 0 aliphatic rings. The van der Waals surface area contributed by atoms with Gasteiger partial charge in [-0.2, -0.15) is 4.72 Å². The monoisotopic (exact) mass is 367 g/mol. The van der Waals surface area contributed by atoms with E-state index in [1.165, 1.54) is 17.4 Å². The van der Waals surface area contributed by atoms with E-state index in [1.807, 2.05) is 29.6 Å². The summed E-state index contributed by atoms with van der Waals surface area (Å²) in [6, 6.07) is 9.51.